The summed E-state index contributed by atoms with van der Waals surface area (Å²) in [6, 6.07) is 5.54. The van der Waals surface area contributed by atoms with Crippen LogP contribution in [-0.2, 0) is 13.1 Å². The van der Waals surface area contributed by atoms with E-state index >= 15 is 0 Å². The highest BCUT2D eigenvalue weighted by atomic mass is 19.1. The molecule has 1 aliphatic heterocycles. The minimum atomic E-state index is -0.300. The third-order valence-corrected chi connectivity index (χ3v) is 4.84. The molecule has 0 aliphatic carbocycles. The van der Waals surface area contributed by atoms with Crippen LogP contribution in [0.1, 0.15) is 26.6 Å². The SMILES string of the molecule is CCn1c(CN2CCN(C[C@@H](C)O)[C@H](C)C2)nc2c(F)cccc21. The first-order chi connectivity index (χ1) is 11.5. The Morgan fingerprint density at radius 1 is 1.38 bits per heavy atom. The molecule has 1 aromatic heterocycles. The second-order valence-electron chi connectivity index (χ2n) is 6.81. The third kappa shape index (κ3) is 3.45. The van der Waals surface area contributed by atoms with Crippen LogP contribution in [-0.4, -0.2) is 62.8 Å². The Morgan fingerprint density at radius 2 is 2.17 bits per heavy atom. The topological polar surface area (TPSA) is 44.5 Å². The summed E-state index contributed by atoms with van der Waals surface area (Å²) < 4.78 is 16.1. The Hall–Kier alpha value is -1.50. The number of hydrogen-bond donors (Lipinski definition) is 1. The van der Waals surface area contributed by atoms with Crippen LogP contribution in [0.15, 0.2) is 18.2 Å². The van der Waals surface area contributed by atoms with E-state index in [0.717, 1.165) is 44.1 Å². The van der Waals surface area contributed by atoms with Gasteiger partial charge in [0.25, 0.3) is 0 Å². The van der Waals surface area contributed by atoms with Crippen molar-refractivity contribution in [2.75, 3.05) is 26.2 Å². The molecule has 0 radical (unpaired) electrons. The van der Waals surface area contributed by atoms with Crippen LogP contribution in [0.2, 0.25) is 0 Å². The standard InChI is InChI=1S/C18H27FN4O/c1-4-23-16-7-5-6-15(19)18(16)20-17(23)12-21-8-9-22(11-14(3)24)13(2)10-21/h5-7,13-14,24H,4,8-12H2,1-3H3/t13-,14-/m1/s1. The number of aryl methyl sites for hydroxylation is 1. The predicted molar refractivity (Wildman–Crippen MR) is 93.4 cm³/mol. The molecule has 1 saturated heterocycles. The van der Waals surface area contributed by atoms with Crippen molar-refractivity contribution in [3.63, 3.8) is 0 Å². The number of hydrogen-bond acceptors (Lipinski definition) is 4. The number of rotatable bonds is 5. The second-order valence-corrected chi connectivity index (χ2v) is 6.81. The van der Waals surface area contributed by atoms with E-state index in [0.29, 0.717) is 18.1 Å². The fraction of sp³-hybridized carbons (Fsp3) is 0.611. The Balaban J connectivity index is 1.75. The molecule has 1 fully saturated rings. The zero-order valence-corrected chi connectivity index (χ0v) is 14.7. The maximum Gasteiger partial charge on any atom is 0.151 e. The first kappa shape index (κ1) is 17.3. The Bertz CT molecular complexity index is 700. The highest BCUT2D eigenvalue weighted by Crippen LogP contribution is 2.21. The van der Waals surface area contributed by atoms with Gasteiger partial charge < -0.3 is 9.67 Å². The number of aromatic nitrogens is 2. The molecule has 2 heterocycles. The van der Waals surface area contributed by atoms with Crippen molar-refractivity contribution in [3.8, 4) is 0 Å². The Morgan fingerprint density at radius 3 is 2.83 bits per heavy atom. The lowest BCUT2D eigenvalue weighted by atomic mass is 10.1. The molecule has 0 spiro atoms. The monoisotopic (exact) mass is 334 g/mol. The number of aliphatic hydroxyl groups excluding tert-OH is 1. The van der Waals surface area contributed by atoms with Crippen LogP contribution < -0.4 is 0 Å². The van der Waals surface area contributed by atoms with Gasteiger partial charge in [-0.3, -0.25) is 9.80 Å². The molecule has 0 amide bonds. The van der Waals surface area contributed by atoms with E-state index in [9.17, 15) is 9.50 Å². The highest BCUT2D eigenvalue weighted by molar-refractivity contribution is 5.76. The van der Waals surface area contributed by atoms with Gasteiger partial charge in [0.1, 0.15) is 11.3 Å². The van der Waals surface area contributed by atoms with E-state index in [1.54, 1.807) is 6.07 Å². The summed E-state index contributed by atoms with van der Waals surface area (Å²) in [6.45, 7) is 11.1. The molecule has 1 aromatic carbocycles. The summed E-state index contributed by atoms with van der Waals surface area (Å²) in [6.07, 6.45) is -0.300. The molecular formula is C18H27FN4O. The molecule has 1 aliphatic rings. The zero-order valence-electron chi connectivity index (χ0n) is 14.7. The fourth-order valence-electron chi connectivity index (χ4n) is 3.66. The molecule has 1 N–H and O–H groups in total. The molecule has 5 nitrogen and oxygen atoms in total. The fourth-order valence-corrected chi connectivity index (χ4v) is 3.66. The smallest absolute Gasteiger partial charge is 0.151 e. The normalized spacial score (nSPS) is 21.5. The van der Waals surface area contributed by atoms with Gasteiger partial charge in [-0.2, -0.15) is 0 Å². The minimum absolute atomic E-state index is 0.254. The van der Waals surface area contributed by atoms with Gasteiger partial charge in [-0.25, -0.2) is 9.37 Å². The van der Waals surface area contributed by atoms with Crippen LogP contribution in [0.4, 0.5) is 4.39 Å². The lowest BCUT2D eigenvalue weighted by molar-refractivity contribution is 0.0410. The number of fused-ring (bicyclic) bond motifs is 1. The number of halogens is 1. The van der Waals surface area contributed by atoms with Crippen molar-refractivity contribution in [1.82, 2.24) is 19.4 Å². The second kappa shape index (κ2) is 7.17. The minimum Gasteiger partial charge on any atom is -0.392 e. The van der Waals surface area contributed by atoms with E-state index in [-0.39, 0.29) is 11.9 Å². The van der Waals surface area contributed by atoms with Gasteiger partial charge in [0.2, 0.25) is 0 Å². The maximum absolute atomic E-state index is 14.0. The molecule has 0 unspecified atom stereocenters. The highest BCUT2D eigenvalue weighted by Gasteiger charge is 2.25. The van der Waals surface area contributed by atoms with Crippen LogP contribution in [0, 0.1) is 5.82 Å². The maximum atomic E-state index is 14.0. The number of nitrogens with zero attached hydrogens (tertiary/aromatic N) is 4. The summed E-state index contributed by atoms with van der Waals surface area (Å²) in [5, 5.41) is 9.59. The average molecular weight is 334 g/mol. The molecule has 2 aromatic rings. The third-order valence-electron chi connectivity index (χ3n) is 4.84. The van der Waals surface area contributed by atoms with Crippen molar-refractivity contribution in [2.24, 2.45) is 0 Å². The van der Waals surface area contributed by atoms with Crippen LogP contribution >= 0.6 is 0 Å². The van der Waals surface area contributed by atoms with Crippen molar-refractivity contribution in [1.29, 1.82) is 0 Å². The quantitative estimate of drug-likeness (QED) is 0.909. The predicted octanol–water partition coefficient (Wildman–Crippen LogP) is 2.08. The molecule has 0 saturated carbocycles. The number of aliphatic hydroxyl groups is 1. The Labute approximate surface area is 142 Å². The summed E-state index contributed by atoms with van der Waals surface area (Å²) in [7, 11) is 0. The van der Waals surface area contributed by atoms with Crippen LogP contribution in [0.3, 0.4) is 0 Å². The molecule has 3 rings (SSSR count). The number of imidazole rings is 1. The lowest BCUT2D eigenvalue weighted by Crippen LogP contribution is -2.53. The first-order valence-electron chi connectivity index (χ1n) is 8.77. The number of piperazine rings is 1. The average Bonchev–Trinajstić information content (AvgIpc) is 2.88. The summed E-state index contributed by atoms with van der Waals surface area (Å²) in [5.74, 6) is 0.671. The van der Waals surface area contributed by atoms with Crippen molar-refractivity contribution in [3.05, 3.63) is 29.8 Å². The first-order valence-corrected chi connectivity index (χ1v) is 8.77. The van der Waals surface area contributed by atoms with E-state index in [4.69, 9.17) is 0 Å². The number of β-amino-alcohol motifs (C(OH)–C–C–N with tert-alkyl or cyclic N) is 1. The van der Waals surface area contributed by atoms with Gasteiger partial charge >= 0.3 is 0 Å². The van der Waals surface area contributed by atoms with Gasteiger partial charge in [-0.15, -0.1) is 0 Å². The number of para-hydroxylation sites is 1. The van der Waals surface area contributed by atoms with Crippen molar-refractivity contribution in [2.45, 2.75) is 46.0 Å². The van der Waals surface area contributed by atoms with E-state index in [1.165, 1.54) is 6.07 Å². The van der Waals surface area contributed by atoms with Gasteiger partial charge in [-0.05, 0) is 32.9 Å². The van der Waals surface area contributed by atoms with Gasteiger partial charge in [0.05, 0.1) is 18.2 Å². The zero-order chi connectivity index (χ0) is 17.3. The Kier molecular flexibility index (Phi) is 5.18. The summed E-state index contributed by atoms with van der Waals surface area (Å²) >= 11 is 0. The number of benzene rings is 1. The summed E-state index contributed by atoms with van der Waals surface area (Å²) in [5.41, 5.74) is 1.34. The van der Waals surface area contributed by atoms with E-state index in [1.807, 2.05) is 13.0 Å². The van der Waals surface area contributed by atoms with Crippen LogP contribution in [0.25, 0.3) is 11.0 Å². The lowest BCUT2D eigenvalue weighted by Gasteiger charge is -2.40. The molecule has 6 heteroatoms. The largest absolute Gasteiger partial charge is 0.392 e. The van der Waals surface area contributed by atoms with Gasteiger partial charge in [0, 0.05) is 38.8 Å². The van der Waals surface area contributed by atoms with Crippen LogP contribution in [0.5, 0.6) is 0 Å². The molecule has 24 heavy (non-hydrogen) atoms. The van der Waals surface area contributed by atoms with Gasteiger partial charge in [0.15, 0.2) is 5.82 Å². The molecule has 0 bridgehead atoms. The van der Waals surface area contributed by atoms with E-state index in [2.05, 4.69) is 33.2 Å². The summed E-state index contributed by atoms with van der Waals surface area (Å²) in [4.78, 5) is 9.25. The van der Waals surface area contributed by atoms with Gasteiger partial charge in [-0.1, -0.05) is 6.07 Å². The van der Waals surface area contributed by atoms with E-state index < -0.39 is 0 Å². The molecule has 132 valence electrons. The van der Waals surface area contributed by atoms with Crippen molar-refractivity contribution < 1.29 is 9.50 Å². The van der Waals surface area contributed by atoms with Crippen molar-refractivity contribution >= 4 is 11.0 Å². The molecule has 2 atom stereocenters. The molecular weight excluding hydrogens is 307 g/mol.